The lowest BCUT2D eigenvalue weighted by Gasteiger charge is -2.09. The van der Waals surface area contributed by atoms with Crippen molar-refractivity contribution in [3.05, 3.63) is 0 Å². The highest BCUT2D eigenvalue weighted by Gasteiger charge is 2.47. The maximum atomic E-state index is 2.49. The van der Waals surface area contributed by atoms with E-state index in [9.17, 15) is 0 Å². The van der Waals surface area contributed by atoms with Crippen LogP contribution in [0.2, 0.25) is 0 Å². The fraction of sp³-hybridized carbons (Fsp3) is 1.00. The van der Waals surface area contributed by atoms with Crippen LogP contribution in [0.5, 0.6) is 0 Å². The fourth-order valence-corrected chi connectivity index (χ4v) is 2.58. The van der Waals surface area contributed by atoms with Gasteiger partial charge in [-0.15, -0.1) is 0 Å². The van der Waals surface area contributed by atoms with E-state index in [-0.39, 0.29) is 0 Å². The van der Waals surface area contributed by atoms with Crippen LogP contribution >= 0.6 is 0 Å². The molecule has 0 heteroatoms. The van der Waals surface area contributed by atoms with E-state index in [1.54, 1.807) is 0 Å². The Kier molecular flexibility index (Phi) is 4.28. The third-order valence-corrected chi connectivity index (χ3v) is 3.88. The second kappa shape index (κ2) is 5.02. The van der Waals surface area contributed by atoms with Gasteiger partial charge in [0.1, 0.15) is 0 Å². The first kappa shape index (κ1) is 11.1. The molecule has 13 heavy (non-hydrogen) atoms. The Morgan fingerprint density at radius 1 is 1.08 bits per heavy atom. The number of hydrogen-bond donors (Lipinski definition) is 0. The molecule has 2 atom stereocenters. The first-order valence-corrected chi connectivity index (χ1v) is 6.23. The van der Waals surface area contributed by atoms with Gasteiger partial charge in [0.25, 0.3) is 0 Å². The molecule has 78 valence electrons. The van der Waals surface area contributed by atoms with E-state index >= 15 is 0 Å². The highest BCUT2D eigenvalue weighted by molar-refractivity contribution is 4.97. The summed E-state index contributed by atoms with van der Waals surface area (Å²) in [6.07, 6.45) is 11.6. The predicted octanol–water partition coefficient (Wildman–Crippen LogP) is 4.78. The Morgan fingerprint density at radius 3 is 2.31 bits per heavy atom. The smallest absolute Gasteiger partial charge is 0.0295 e. The van der Waals surface area contributed by atoms with Gasteiger partial charge in [-0.1, -0.05) is 59.3 Å². The van der Waals surface area contributed by atoms with Gasteiger partial charge in [-0.3, -0.25) is 0 Å². The van der Waals surface area contributed by atoms with Crippen molar-refractivity contribution in [2.75, 3.05) is 0 Å². The molecule has 0 aliphatic heterocycles. The SMILES string of the molecule is CCCCCCCC1(C)CC1CC. The molecule has 0 spiro atoms. The Balaban J connectivity index is 1.95. The van der Waals surface area contributed by atoms with Crippen LogP contribution in [0.25, 0.3) is 0 Å². The van der Waals surface area contributed by atoms with Crippen LogP contribution in [-0.4, -0.2) is 0 Å². The molecule has 0 radical (unpaired) electrons. The standard InChI is InChI=1S/C13H26/c1-4-6-7-8-9-10-13(3)11-12(13)5-2/h12H,4-11H2,1-3H3. The summed E-state index contributed by atoms with van der Waals surface area (Å²) in [5.41, 5.74) is 0.765. The normalized spacial score (nSPS) is 32.1. The third kappa shape index (κ3) is 3.32. The second-order valence-corrected chi connectivity index (χ2v) is 5.13. The van der Waals surface area contributed by atoms with E-state index in [0.29, 0.717) is 0 Å². The van der Waals surface area contributed by atoms with Crippen LogP contribution in [0, 0.1) is 11.3 Å². The molecule has 0 saturated heterocycles. The molecule has 0 aromatic heterocycles. The minimum absolute atomic E-state index is 0.765. The molecule has 1 fully saturated rings. The molecule has 0 heterocycles. The lowest BCUT2D eigenvalue weighted by atomic mass is 9.96. The van der Waals surface area contributed by atoms with Crippen molar-refractivity contribution >= 4 is 0 Å². The zero-order valence-corrected chi connectivity index (χ0v) is 9.73. The Bertz CT molecular complexity index is 139. The summed E-state index contributed by atoms with van der Waals surface area (Å²) < 4.78 is 0. The topological polar surface area (TPSA) is 0 Å². The summed E-state index contributed by atoms with van der Waals surface area (Å²) in [6.45, 7) is 7.11. The van der Waals surface area contributed by atoms with E-state index in [2.05, 4.69) is 20.8 Å². The van der Waals surface area contributed by atoms with Crippen molar-refractivity contribution in [1.29, 1.82) is 0 Å². The molecule has 2 unspecified atom stereocenters. The molecular weight excluding hydrogens is 156 g/mol. The van der Waals surface area contributed by atoms with E-state index < -0.39 is 0 Å². The monoisotopic (exact) mass is 182 g/mol. The van der Waals surface area contributed by atoms with Crippen molar-refractivity contribution in [2.24, 2.45) is 11.3 Å². The number of hydrogen-bond acceptors (Lipinski definition) is 0. The number of rotatable bonds is 7. The highest BCUT2D eigenvalue weighted by Crippen LogP contribution is 2.57. The largest absolute Gasteiger partial charge is 0.0654 e. The predicted molar refractivity (Wildman–Crippen MR) is 59.9 cm³/mol. The van der Waals surface area contributed by atoms with Gasteiger partial charge in [-0.2, -0.15) is 0 Å². The lowest BCUT2D eigenvalue weighted by molar-refractivity contribution is 0.425. The van der Waals surface area contributed by atoms with Gasteiger partial charge in [0.05, 0.1) is 0 Å². The Hall–Kier alpha value is 0. The molecule has 0 aromatic rings. The lowest BCUT2D eigenvalue weighted by Crippen LogP contribution is -1.97. The van der Waals surface area contributed by atoms with E-state index in [1.165, 1.54) is 51.4 Å². The summed E-state index contributed by atoms with van der Waals surface area (Å²) in [4.78, 5) is 0. The molecule has 1 aliphatic carbocycles. The minimum Gasteiger partial charge on any atom is -0.0654 e. The molecule has 0 bridgehead atoms. The van der Waals surface area contributed by atoms with Crippen molar-refractivity contribution in [3.63, 3.8) is 0 Å². The van der Waals surface area contributed by atoms with Crippen molar-refractivity contribution in [1.82, 2.24) is 0 Å². The van der Waals surface area contributed by atoms with E-state index in [4.69, 9.17) is 0 Å². The molecular formula is C13H26. The highest BCUT2D eigenvalue weighted by atomic mass is 14.5. The summed E-state index contributed by atoms with van der Waals surface area (Å²) in [6, 6.07) is 0. The van der Waals surface area contributed by atoms with Gasteiger partial charge in [0.15, 0.2) is 0 Å². The average Bonchev–Trinajstić information content (AvgIpc) is 2.77. The molecule has 1 rings (SSSR count). The van der Waals surface area contributed by atoms with Crippen LogP contribution < -0.4 is 0 Å². The summed E-state index contributed by atoms with van der Waals surface area (Å²) >= 11 is 0. The number of unbranched alkanes of at least 4 members (excludes halogenated alkanes) is 4. The van der Waals surface area contributed by atoms with Gasteiger partial charge in [0.2, 0.25) is 0 Å². The van der Waals surface area contributed by atoms with Crippen LogP contribution in [0.1, 0.15) is 72.1 Å². The summed E-state index contributed by atoms with van der Waals surface area (Å²) in [5, 5.41) is 0. The quantitative estimate of drug-likeness (QED) is 0.497. The molecule has 0 amide bonds. The first-order valence-electron chi connectivity index (χ1n) is 6.23. The maximum Gasteiger partial charge on any atom is -0.0295 e. The second-order valence-electron chi connectivity index (χ2n) is 5.13. The zero-order valence-electron chi connectivity index (χ0n) is 9.73. The molecule has 1 aliphatic rings. The first-order chi connectivity index (χ1) is 6.23. The van der Waals surface area contributed by atoms with Gasteiger partial charge < -0.3 is 0 Å². The average molecular weight is 182 g/mol. The zero-order chi connectivity index (χ0) is 9.73. The Labute approximate surface area is 84.1 Å². The van der Waals surface area contributed by atoms with E-state index in [0.717, 1.165) is 11.3 Å². The van der Waals surface area contributed by atoms with Crippen molar-refractivity contribution in [3.8, 4) is 0 Å². The van der Waals surface area contributed by atoms with Gasteiger partial charge in [-0.05, 0) is 24.2 Å². The summed E-state index contributed by atoms with van der Waals surface area (Å²) in [7, 11) is 0. The van der Waals surface area contributed by atoms with E-state index in [1.807, 2.05) is 0 Å². The molecule has 1 saturated carbocycles. The van der Waals surface area contributed by atoms with Crippen LogP contribution in [-0.2, 0) is 0 Å². The van der Waals surface area contributed by atoms with Gasteiger partial charge >= 0.3 is 0 Å². The fourth-order valence-electron chi connectivity index (χ4n) is 2.58. The Morgan fingerprint density at radius 2 is 1.77 bits per heavy atom. The van der Waals surface area contributed by atoms with Crippen molar-refractivity contribution in [2.45, 2.75) is 72.1 Å². The molecule has 0 aromatic carbocycles. The van der Waals surface area contributed by atoms with Gasteiger partial charge in [-0.25, -0.2) is 0 Å². The van der Waals surface area contributed by atoms with Crippen LogP contribution in [0.15, 0.2) is 0 Å². The minimum atomic E-state index is 0.765. The third-order valence-electron chi connectivity index (χ3n) is 3.88. The summed E-state index contributed by atoms with van der Waals surface area (Å²) in [5.74, 6) is 1.07. The van der Waals surface area contributed by atoms with Crippen molar-refractivity contribution < 1.29 is 0 Å². The van der Waals surface area contributed by atoms with Gasteiger partial charge in [0, 0.05) is 0 Å². The maximum absolute atomic E-state index is 2.49. The van der Waals surface area contributed by atoms with Crippen LogP contribution in [0.4, 0.5) is 0 Å². The molecule has 0 N–H and O–H groups in total. The van der Waals surface area contributed by atoms with Crippen LogP contribution in [0.3, 0.4) is 0 Å². The molecule has 0 nitrogen and oxygen atoms in total.